The van der Waals surface area contributed by atoms with E-state index in [2.05, 4.69) is 29.4 Å². The van der Waals surface area contributed by atoms with E-state index in [1.54, 1.807) is 4.90 Å². The van der Waals surface area contributed by atoms with Gasteiger partial charge in [0.05, 0.1) is 6.54 Å². The Morgan fingerprint density at radius 2 is 1.73 bits per heavy atom. The maximum atomic E-state index is 13.0. The molecular weight excluding hydrogens is 380 g/mol. The molecule has 1 saturated heterocycles. The summed E-state index contributed by atoms with van der Waals surface area (Å²) in [5.41, 5.74) is -0.407. The molecule has 0 bridgehead atoms. The summed E-state index contributed by atoms with van der Waals surface area (Å²) in [6, 6.07) is -0.506. The monoisotopic (exact) mass is 418 g/mol. The van der Waals surface area contributed by atoms with Gasteiger partial charge in [0.15, 0.2) is 0 Å². The van der Waals surface area contributed by atoms with Crippen LogP contribution in [0.15, 0.2) is 4.42 Å². The second-order valence-electron chi connectivity index (χ2n) is 10.7. The zero-order valence-electron chi connectivity index (χ0n) is 19.3. The van der Waals surface area contributed by atoms with E-state index >= 15 is 0 Å². The van der Waals surface area contributed by atoms with E-state index in [9.17, 15) is 9.59 Å². The lowest BCUT2D eigenvalue weighted by atomic mass is 9.81. The van der Waals surface area contributed by atoms with E-state index < -0.39 is 6.04 Å². The molecule has 1 aromatic rings. The van der Waals surface area contributed by atoms with E-state index in [-0.39, 0.29) is 35.1 Å². The fraction of sp³-hybridized carbons (Fsp3) is 0.826. The van der Waals surface area contributed by atoms with Gasteiger partial charge in [-0.25, -0.2) is 0 Å². The van der Waals surface area contributed by atoms with Gasteiger partial charge in [0.2, 0.25) is 17.6 Å². The Bertz CT molecular complexity index is 744. The molecular formula is C23H38N4O3. The van der Waals surface area contributed by atoms with Crippen LogP contribution < -0.4 is 5.32 Å². The predicted molar refractivity (Wildman–Crippen MR) is 115 cm³/mol. The third-order valence-corrected chi connectivity index (χ3v) is 6.40. The van der Waals surface area contributed by atoms with Crippen molar-refractivity contribution in [2.75, 3.05) is 13.1 Å². The van der Waals surface area contributed by atoms with E-state index in [1.807, 2.05) is 20.8 Å². The summed E-state index contributed by atoms with van der Waals surface area (Å²) >= 11 is 0. The molecule has 1 amide bonds. The minimum absolute atomic E-state index is 0.00946. The minimum atomic E-state index is -0.506. The zero-order chi connectivity index (χ0) is 21.9. The van der Waals surface area contributed by atoms with Gasteiger partial charge in [0, 0.05) is 17.5 Å². The van der Waals surface area contributed by atoms with Gasteiger partial charge in [-0.2, -0.15) is 0 Å². The molecule has 0 radical (unpaired) electrons. The summed E-state index contributed by atoms with van der Waals surface area (Å²) in [5.74, 6) is 0.915. The smallest absolute Gasteiger partial charge is 0.286 e. The van der Waals surface area contributed by atoms with Crippen molar-refractivity contribution in [1.82, 2.24) is 20.4 Å². The Morgan fingerprint density at radius 3 is 2.37 bits per heavy atom. The molecule has 0 aromatic carbocycles. The minimum Gasteiger partial charge on any atom is -0.418 e. The van der Waals surface area contributed by atoms with Crippen LogP contribution in [0.25, 0.3) is 0 Å². The van der Waals surface area contributed by atoms with Crippen molar-refractivity contribution in [2.24, 2.45) is 5.92 Å². The number of amides is 1. The van der Waals surface area contributed by atoms with Gasteiger partial charge < -0.3 is 14.6 Å². The van der Waals surface area contributed by atoms with Crippen molar-refractivity contribution < 1.29 is 14.0 Å². The highest BCUT2D eigenvalue weighted by Gasteiger charge is 2.38. The highest BCUT2D eigenvalue weighted by Crippen LogP contribution is 2.30. The number of Topliss-reactive ketones (excluding diaryl/α,β-unsaturated/α-hetero) is 1. The Labute approximate surface area is 180 Å². The fourth-order valence-corrected chi connectivity index (χ4v) is 4.71. The Balaban J connectivity index is 1.57. The van der Waals surface area contributed by atoms with Crippen LogP contribution in [0.4, 0.5) is 0 Å². The van der Waals surface area contributed by atoms with Crippen molar-refractivity contribution in [3.8, 4) is 0 Å². The highest BCUT2D eigenvalue weighted by atomic mass is 16.4. The van der Waals surface area contributed by atoms with Gasteiger partial charge >= 0.3 is 0 Å². The van der Waals surface area contributed by atoms with Crippen LogP contribution in [0, 0.1) is 5.92 Å². The second kappa shape index (κ2) is 9.16. The molecule has 168 valence electrons. The second-order valence-corrected chi connectivity index (χ2v) is 10.7. The Kier molecular flexibility index (Phi) is 7.00. The number of nitrogens with one attached hydrogen (secondary N) is 1. The summed E-state index contributed by atoms with van der Waals surface area (Å²) in [5, 5.41) is 11.4. The number of carbonyl (C=O) groups excluding carboxylic acids is 2. The Morgan fingerprint density at radius 1 is 1.03 bits per heavy atom. The van der Waals surface area contributed by atoms with Crippen molar-refractivity contribution in [2.45, 2.75) is 103 Å². The summed E-state index contributed by atoms with van der Waals surface area (Å²) in [4.78, 5) is 27.6. The summed E-state index contributed by atoms with van der Waals surface area (Å²) in [6.45, 7) is 11.1. The van der Waals surface area contributed by atoms with Crippen LogP contribution in [-0.4, -0.2) is 51.5 Å². The molecule has 30 heavy (non-hydrogen) atoms. The van der Waals surface area contributed by atoms with Crippen LogP contribution in [0.3, 0.4) is 0 Å². The number of likely N-dealkylation sites (tertiary alicyclic amines) is 1. The number of rotatable bonds is 7. The van der Waals surface area contributed by atoms with Gasteiger partial charge in [-0.1, -0.05) is 52.9 Å². The largest absolute Gasteiger partial charge is 0.418 e. The predicted octanol–water partition coefficient (Wildman–Crippen LogP) is 3.88. The van der Waals surface area contributed by atoms with Gasteiger partial charge in [-0.15, -0.1) is 10.2 Å². The molecule has 2 heterocycles. The van der Waals surface area contributed by atoms with Crippen molar-refractivity contribution in [1.29, 1.82) is 0 Å². The summed E-state index contributed by atoms with van der Waals surface area (Å²) in [6.07, 6.45) is 9.13. The zero-order valence-corrected chi connectivity index (χ0v) is 19.3. The maximum absolute atomic E-state index is 13.0. The third kappa shape index (κ3) is 5.68. The van der Waals surface area contributed by atoms with Crippen LogP contribution in [0.5, 0.6) is 0 Å². The first-order valence-electron chi connectivity index (χ1n) is 11.5. The first-order chi connectivity index (χ1) is 14.1. The highest BCUT2D eigenvalue weighted by molar-refractivity contribution is 5.98. The van der Waals surface area contributed by atoms with Gasteiger partial charge in [0.1, 0.15) is 6.04 Å². The molecule has 1 unspecified atom stereocenters. The molecule has 1 aliphatic carbocycles. The molecule has 1 atom stereocenters. The van der Waals surface area contributed by atoms with E-state index in [4.69, 9.17) is 4.42 Å². The van der Waals surface area contributed by atoms with Crippen molar-refractivity contribution >= 4 is 11.7 Å². The lowest BCUT2D eigenvalue weighted by Crippen LogP contribution is -2.49. The molecule has 7 nitrogen and oxygen atoms in total. The molecule has 2 aliphatic rings. The van der Waals surface area contributed by atoms with Gasteiger partial charge in [-0.3, -0.25) is 9.59 Å². The first kappa shape index (κ1) is 22.9. The molecule has 3 rings (SSSR count). The number of hydrogen-bond donors (Lipinski definition) is 1. The maximum Gasteiger partial charge on any atom is 0.286 e. The third-order valence-electron chi connectivity index (χ3n) is 6.40. The molecule has 1 N–H and O–H groups in total. The molecule has 1 aliphatic heterocycles. The number of carbonyl (C=O) groups is 2. The summed E-state index contributed by atoms with van der Waals surface area (Å²) in [7, 11) is 0. The molecule has 2 fully saturated rings. The lowest BCUT2D eigenvalue weighted by Gasteiger charge is -2.33. The molecule has 1 aromatic heterocycles. The number of hydrogen-bond acceptors (Lipinski definition) is 6. The average molecular weight is 419 g/mol. The lowest BCUT2D eigenvalue weighted by molar-refractivity contribution is -0.130. The van der Waals surface area contributed by atoms with E-state index in [1.165, 1.54) is 32.1 Å². The number of nitrogens with zero attached hydrogens (tertiary/aromatic N) is 3. The van der Waals surface area contributed by atoms with Crippen LogP contribution in [0.2, 0.25) is 0 Å². The van der Waals surface area contributed by atoms with Crippen LogP contribution in [0.1, 0.15) is 103 Å². The summed E-state index contributed by atoms with van der Waals surface area (Å²) < 4.78 is 5.62. The van der Waals surface area contributed by atoms with Crippen LogP contribution >= 0.6 is 0 Å². The van der Waals surface area contributed by atoms with Crippen LogP contribution in [-0.2, 0) is 10.2 Å². The SMILES string of the molecule is CC(C)(CC1CCCCC1)NCC(=O)N1CCCC1C(=O)c1nnc(C(C)(C)C)o1. The molecule has 7 heteroatoms. The average Bonchev–Trinajstić information content (AvgIpc) is 3.35. The normalized spacial score (nSPS) is 21.2. The standard InChI is InChI=1S/C23H38N4O3/c1-22(2,3)21-26-25-20(30-21)19(29)17-12-9-13-27(17)18(28)15-24-23(4,5)14-16-10-7-6-8-11-16/h16-17,24H,6-15H2,1-5H3. The number of ketones is 1. The van der Waals surface area contributed by atoms with Gasteiger partial charge in [-0.05, 0) is 39.0 Å². The molecule has 0 spiro atoms. The molecule has 1 saturated carbocycles. The first-order valence-corrected chi connectivity index (χ1v) is 11.5. The van der Waals surface area contributed by atoms with Crippen molar-refractivity contribution in [3.63, 3.8) is 0 Å². The fourth-order valence-electron chi connectivity index (χ4n) is 4.71. The van der Waals surface area contributed by atoms with E-state index in [0.29, 0.717) is 18.9 Å². The quantitative estimate of drug-likeness (QED) is 0.676. The topological polar surface area (TPSA) is 88.3 Å². The Hall–Kier alpha value is -1.76. The van der Waals surface area contributed by atoms with Gasteiger partial charge in [0.25, 0.3) is 5.89 Å². The number of aromatic nitrogens is 2. The van der Waals surface area contributed by atoms with Crippen molar-refractivity contribution in [3.05, 3.63) is 11.8 Å². The van der Waals surface area contributed by atoms with E-state index in [0.717, 1.165) is 18.8 Å².